The highest BCUT2D eigenvalue weighted by molar-refractivity contribution is 6.36. The molecule has 0 N–H and O–H groups in total. The third-order valence-electron chi connectivity index (χ3n) is 4.22. The van der Waals surface area contributed by atoms with Gasteiger partial charge in [-0.05, 0) is 23.6 Å². The standard InChI is InChI=1S/C19H12Cl2O3/c1-23-18-12-5-3-2-4-11(12)16(17-14(18)9-24-19(17)22)13-8-10(20)6-7-15(13)21/h2-8H,9H2,1H3. The Hall–Kier alpha value is -2.23. The third-order valence-corrected chi connectivity index (χ3v) is 4.79. The maximum absolute atomic E-state index is 12.4. The van der Waals surface area contributed by atoms with Crippen molar-refractivity contribution in [1.29, 1.82) is 0 Å². The summed E-state index contributed by atoms with van der Waals surface area (Å²) in [5.41, 5.74) is 2.68. The van der Waals surface area contributed by atoms with Gasteiger partial charge in [0.25, 0.3) is 0 Å². The number of halogens is 2. The number of esters is 1. The number of carbonyl (C=O) groups is 1. The van der Waals surface area contributed by atoms with Crippen LogP contribution in [0.2, 0.25) is 10.0 Å². The first-order valence-electron chi connectivity index (χ1n) is 7.36. The molecule has 0 aromatic heterocycles. The molecule has 3 aromatic carbocycles. The molecule has 24 heavy (non-hydrogen) atoms. The van der Waals surface area contributed by atoms with Crippen LogP contribution in [0, 0.1) is 0 Å². The molecule has 0 aliphatic carbocycles. The van der Waals surface area contributed by atoms with Gasteiger partial charge >= 0.3 is 5.97 Å². The molecule has 5 heteroatoms. The van der Waals surface area contributed by atoms with Crippen LogP contribution in [0.3, 0.4) is 0 Å². The van der Waals surface area contributed by atoms with Gasteiger partial charge in [-0.3, -0.25) is 0 Å². The lowest BCUT2D eigenvalue weighted by Gasteiger charge is -2.16. The molecule has 0 radical (unpaired) electrons. The van der Waals surface area contributed by atoms with Crippen molar-refractivity contribution in [2.75, 3.05) is 7.11 Å². The topological polar surface area (TPSA) is 35.5 Å². The van der Waals surface area contributed by atoms with E-state index in [1.807, 2.05) is 24.3 Å². The van der Waals surface area contributed by atoms with Gasteiger partial charge in [0, 0.05) is 32.1 Å². The zero-order valence-electron chi connectivity index (χ0n) is 12.7. The van der Waals surface area contributed by atoms with Crippen LogP contribution in [0.25, 0.3) is 21.9 Å². The summed E-state index contributed by atoms with van der Waals surface area (Å²) in [6, 6.07) is 13.0. The molecule has 0 fully saturated rings. The van der Waals surface area contributed by atoms with E-state index >= 15 is 0 Å². The highest BCUT2D eigenvalue weighted by atomic mass is 35.5. The van der Waals surface area contributed by atoms with Crippen LogP contribution in [0.4, 0.5) is 0 Å². The van der Waals surface area contributed by atoms with Crippen LogP contribution < -0.4 is 4.74 Å². The van der Waals surface area contributed by atoms with Crippen LogP contribution in [-0.2, 0) is 11.3 Å². The zero-order valence-corrected chi connectivity index (χ0v) is 14.2. The molecule has 120 valence electrons. The van der Waals surface area contributed by atoms with Crippen molar-refractivity contribution in [2.45, 2.75) is 6.61 Å². The van der Waals surface area contributed by atoms with Crippen LogP contribution in [0.1, 0.15) is 15.9 Å². The SMILES string of the molecule is COc1c2c(c(-c3cc(Cl)ccc3Cl)c3ccccc13)C(=O)OC2. The number of cyclic esters (lactones) is 1. The smallest absolute Gasteiger partial charge is 0.339 e. The number of rotatable bonds is 2. The molecule has 1 aliphatic heterocycles. The van der Waals surface area contributed by atoms with Crippen LogP contribution >= 0.6 is 23.2 Å². The van der Waals surface area contributed by atoms with E-state index in [1.54, 1.807) is 25.3 Å². The van der Waals surface area contributed by atoms with E-state index in [4.69, 9.17) is 32.7 Å². The van der Waals surface area contributed by atoms with Gasteiger partial charge in [-0.2, -0.15) is 0 Å². The summed E-state index contributed by atoms with van der Waals surface area (Å²) in [5, 5.41) is 2.85. The minimum atomic E-state index is -0.375. The van der Waals surface area contributed by atoms with Gasteiger partial charge in [-0.15, -0.1) is 0 Å². The van der Waals surface area contributed by atoms with Gasteiger partial charge in [-0.1, -0.05) is 47.5 Å². The van der Waals surface area contributed by atoms with Crippen LogP contribution in [-0.4, -0.2) is 13.1 Å². The monoisotopic (exact) mass is 358 g/mol. The van der Waals surface area contributed by atoms with Crippen molar-refractivity contribution in [1.82, 2.24) is 0 Å². The Bertz CT molecular complexity index is 996. The van der Waals surface area contributed by atoms with Crippen LogP contribution in [0.5, 0.6) is 5.75 Å². The first-order chi connectivity index (χ1) is 11.6. The van der Waals surface area contributed by atoms with E-state index in [1.165, 1.54) is 0 Å². The van der Waals surface area contributed by atoms with Crippen molar-refractivity contribution in [2.24, 2.45) is 0 Å². The minimum Gasteiger partial charge on any atom is -0.496 e. The molecule has 0 atom stereocenters. The van der Waals surface area contributed by atoms with Gasteiger partial charge in [0.05, 0.1) is 12.7 Å². The molecule has 0 saturated carbocycles. The van der Waals surface area contributed by atoms with Gasteiger partial charge in [0.2, 0.25) is 0 Å². The average molecular weight is 359 g/mol. The van der Waals surface area contributed by atoms with E-state index in [9.17, 15) is 4.79 Å². The lowest BCUT2D eigenvalue weighted by molar-refractivity contribution is 0.0535. The summed E-state index contributed by atoms with van der Waals surface area (Å²) in [4.78, 5) is 12.4. The number of benzene rings is 3. The number of ether oxygens (including phenoxy) is 2. The Morgan fingerprint density at radius 1 is 1.04 bits per heavy atom. The van der Waals surface area contributed by atoms with Gasteiger partial charge < -0.3 is 9.47 Å². The highest BCUT2D eigenvalue weighted by Crippen LogP contribution is 2.46. The molecule has 3 nitrogen and oxygen atoms in total. The summed E-state index contributed by atoms with van der Waals surface area (Å²) in [7, 11) is 1.59. The number of fused-ring (bicyclic) bond motifs is 2. The normalized spacial score (nSPS) is 13.0. The number of methoxy groups -OCH3 is 1. The largest absolute Gasteiger partial charge is 0.496 e. The van der Waals surface area contributed by atoms with E-state index in [2.05, 4.69) is 0 Å². The lowest BCUT2D eigenvalue weighted by atomic mass is 9.89. The second-order valence-corrected chi connectivity index (χ2v) is 6.35. The van der Waals surface area contributed by atoms with E-state index in [-0.39, 0.29) is 12.6 Å². The van der Waals surface area contributed by atoms with E-state index in [0.717, 1.165) is 21.9 Å². The van der Waals surface area contributed by atoms with Crippen molar-refractivity contribution in [3.63, 3.8) is 0 Å². The maximum Gasteiger partial charge on any atom is 0.339 e. The quantitative estimate of drug-likeness (QED) is 0.568. The number of carbonyl (C=O) groups excluding carboxylic acids is 1. The fourth-order valence-electron chi connectivity index (χ4n) is 3.24. The molecule has 0 spiro atoms. The predicted octanol–water partition coefficient (Wildman–Crippen LogP) is 5.49. The van der Waals surface area contributed by atoms with Gasteiger partial charge in [0.15, 0.2) is 0 Å². The molecule has 0 unspecified atom stereocenters. The fraction of sp³-hybridized carbons (Fsp3) is 0.105. The highest BCUT2D eigenvalue weighted by Gasteiger charge is 2.32. The Morgan fingerprint density at radius 2 is 1.79 bits per heavy atom. The maximum atomic E-state index is 12.4. The predicted molar refractivity (Wildman–Crippen MR) is 95.1 cm³/mol. The Labute approximate surface area is 148 Å². The molecule has 4 rings (SSSR count). The van der Waals surface area contributed by atoms with Crippen molar-refractivity contribution in [3.8, 4) is 16.9 Å². The number of hydrogen-bond acceptors (Lipinski definition) is 3. The Morgan fingerprint density at radius 3 is 2.54 bits per heavy atom. The average Bonchev–Trinajstić information content (AvgIpc) is 2.97. The molecule has 0 bridgehead atoms. The zero-order chi connectivity index (χ0) is 16.8. The molecular formula is C19H12Cl2O3. The molecule has 1 heterocycles. The summed E-state index contributed by atoms with van der Waals surface area (Å²) in [5.74, 6) is 0.286. The molecule has 1 aliphatic rings. The molecular weight excluding hydrogens is 347 g/mol. The van der Waals surface area contributed by atoms with Gasteiger partial charge in [-0.25, -0.2) is 4.79 Å². The van der Waals surface area contributed by atoms with Crippen molar-refractivity contribution < 1.29 is 14.3 Å². The lowest BCUT2D eigenvalue weighted by Crippen LogP contribution is -2.01. The molecule has 3 aromatic rings. The Balaban J connectivity index is 2.22. The number of hydrogen-bond donors (Lipinski definition) is 0. The van der Waals surface area contributed by atoms with E-state index in [0.29, 0.717) is 26.9 Å². The van der Waals surface area contributed by atoms with Crippen LogP contribution in [0.15, 0.2) is 42.5 Å². The summed E-state index contributed by atoms with van der Waals surface area (Å²) in [6.45, 7) is 0.188. The summed E-state index contributed by atoms with van der Waals surface area (Å²) in [6.07, 6.45) is 0. The summed E-state index contributed by atoms with van der Waals surface area (Å²) < 4.78 is 10.8. The molecule has 0 amide bonds. The fourth-order valence-corrected chi connectivity index (χ4v) is 3.62. The first-order valence-corrected chi connectivity index (χ1v) is 8.11. The second-order valence-electron chi connectivity index (χ2n) is 5.51. The van der Waals surface area contributed by atoms with Crippen molar-refractivity contribution >= 4 is 39.9 Å². The summed E-state index contributed by atoms with van der Waals surface area (Å²) >= 11 is 12.6. The molecule has 0 saturated heterocycles. The van der Waals surface area contributed by atoms with Gasteiger partial charge in [0.1, 0.15) is 12.4 Å². The first kappa shape index (κ1) is 15.3. The Kier molecular flexibility index (Phi) is 3.63. The van der Waals surface area contributed by atoms with Crippen molar-refractivity contribution in [3.05, 3.63) is 63.6 Å². The third kappa shape index (κ3) is 2.16. The second kappa shape index (κ2) is 5.69. The van der Waals surface area contributed by atoms with E-state index < -0.39 is 0 Å². The minimum absolute atomic E-state index is 0.188.